The van der Waals surface area contributed by atoms with Crippen molar-refractivity contribution < 1.29 is 0 Å². The van der Waals surface area contributed by atoms with E-state index in [1.165, 1.54) is 25.7 Å². The summed E-state index contributed by atoms with van der Waals surface area (Å²) in [6.45, 7) is 11.9. The maximum absolute atomic E-state index is 2.46. The molecule has 0 aliphatic heterocycles. The van der Waals surface area contributed by atoms with Gasteiger partial charge in [0.25, 0.3) is 0 Å². The van der Waals surface area contributed by atoms with Crippen LogP contribution in [0.5, 0.6) is 0 Å². The van der Waals surface area contributed by atoms with Gasteiger partial charge in [0.1, 0.15) is 0 Å². The summed E-state index contributed by atoms with van der Waals surface area (Å²) >= 11 is 0. The first-order valence-corrected chi connectivity index (χ1v) is 5.65. The van der Waals surface area contributed by atoms with Crippen LogP contribution in [0.25, 0.3) is 0 Å². The molecule has 1 fully saturated rings. The molecule has 12 heavy (non-hydrogen) atoms. The Kier molecular flexibility index (Phi) is 2.56. The zero-order valence-corrected chi connectivity index (χ0v) is 9.41. The van der Waals surface area contributed by atoms with Gasteiger partial charge in [-0.05, 0) is 42.4 Å². The molecule has 72 valence electrons. The average Bonchev–Trinajstić information content (AvgIpc) is 2.66. The van der Waals surface area contributed by atoms with E-state index in [0.717, 1.165) is 5.92 Å². The number of hydrogen-bond donors (Lipinski definition) is 0. The van der Waals surface area contributed by atoms with E-state index in [2.05, 4.69) is 34.6 Å². The first-order valence-electron chi connectivity index (χ1n) is 5.65. The largest absolute Gasteiger partial charge is 0.0648 e. The summed E-state index contributed by atoms with van der Waals surface area (Å²) in [6, 6.07) is 0. The van der Waals surface area contributed by atoms with Crippen LogP contribution in [0, 0.1) is 16.7 Å². The summed E-state index contributed by atoms with van der Waals surface area (Å²) < 4.78 is 0. The molecule has 0 saturated heterocycles. The lowest BCUT2D eigenvalue weighted by molar-refractivity contribution is 0.295. The fraction of sp³-hybridized carbons (Fsp3) is 1.00. The molecule has 0 amide bonds. The maximum Gasteiger partial charge on any atom is -0.0212 e. The van der Waals surface area contributed by atoms with E-state index in [4.69, 9.17) is 0 Å². The summed E-state index contributed by atoms with van der Waals surface area (Å²) in [7, 11) is 0. The fourth-order valence-corrected chi connectivity index (χ4v) is 4.12. The molecule has 1 aliphatic carbocycles. The molecule has 0 N–H and O–H groups in total. The van der Waals surface area contributed by atoms with Gasteiger partial charge in [0.2, 0.25) is 0 Å². The average molecular weight is 168 g/mol. The molecule has 0 spiro atoms. The summed E-state index contributed by atoms with van der Waals surface area (Å²) in [5.41, 5.74) is 1.41. The van der Waals surface area contributed by atoms with Gasteiger partial charge >= 0.3 is 0 Å². The molecule has 1 aliphatic rings. The lowest BCUT2D eigenvalue weighted by Crippen LogP contribution is -2.11. The predicted molar refractivity (Wildman–Crippen MR) is 55.2 cm³/mol. The summed E-state index contributed by atoms with van der Waals surface area (Å²) in [6.07, 6.45) is 5.53. The van der Waals surface area contributed by atoms with Crippen LogP contribution in [0.3, 0.4) is 0 Å². The molecule has 1 rings (SSSR count). The smallest absolute Gasteiger partial charge is 0.0212 e. The van der Waals surface area contributed by atoms with Crippen molar-refractivity contribution in [1.29, 1.82) is 0 Å². The second kappa shape index (κ2) is 3.05. The Bertz CT molecular complexity index is 131. The highest BCUT2D eigenvalue weighted by Crippen LogP contribution is 2.75. The first-order chi connectivity index (χ1) is 5.65. The van der Waals surface area contributed by atoms with Crippen molar-refractivity contribution >= 4 is 0 Å². The van der Waals surface area contributed by atoms with Crippen LogP contribution in [-0.2, 0) is 0 Å². The lowest BCUT2D eigenvalue weighted by atomic mass is 9.84. The van der Waals surface area contributed by atoms with Crippen LogP contribution < -0.4 is 0 Å². The molecular formula is C12H24. The highest BCUT2D eigenvalue weighted by molar-refractivity contribution is 5.17. The first kappa shape index (κ1) is 10.1. The third-order valence-electron chi connectivity index (χ3n) is 5.09. The van der Waals surface area contributed by atoms with E-state index < -0.39 is 0 Å². The summed E-state index contributed by atoms with van der Waals surface area (Å²) in [5.74, 6) is 0.968. The van der Waals surface area contributed by atoms with Crippen LogP contribution in [0.4, 0.5) is 0 Å². The zero-order chi connectivity index (χ0) is 9.41. The molecule has 0 aromatic rings. The van der Waals surface area contributed by atoms with Crippen LogP contribution in [0.2, 0.25) is 0 Å². The van der Waals surface area contributed by atoms with Gasteiger partial charge in [-0.2, -0.15) is 0 Å². The molecule has 1 saturated carbocycles. The minimum absolute atomic E-state index is 0.705. The topological polar surface area (TPSA) is 0 Å². The molecule has 0 heterocycles. The van der Waals surface area contributed by atoms with E-state index in [1.807, 2.05) is 0 Å². The van der Waals surface area contributed by atoms with Gasteiger partial charge in [0, 0.05) is 0 Å². The number of rotatable bonds is 4. The molecule has 0 aromatic heterocycles. The van der Waals surface area contributed by atoms with E-state index in [-0.39, 0.29) is 0 Å². The van der Waals surface area contributed by atoms with Gasteiger partial charge in [-0.1, -0.05) is 34.6 Å². The Hall–Kier alpha value is 0. The molecule has 0 radical (unpaired) electrons. The van der Waals surface area contributed by atoms with Gasteiger partial charge in [0.05, 0.1) is 0 Å². The lowest BCUT2D eigenvalue weighted by Gasteiger charge is -2.20. The third kappa shape index (κ3) is 0.843. The van der Waals surface area contributed by atoms with Gasteiger partial charge in [-0.3, -0.25) is 0 Å². The van der Waals surface area contributed by atoms with Crippen molar-refractivity contribution in [2.75, 3.05) is 0 Å². The fourth-order valence-electron chi connectivity index (χ4n) is 4.12. The van der Waals surface area contributed by atoms with E-state index >= 15 is 0 Å². The SMILES string of the molecule is CCC1(CC)C(C)C1(CC)CC. The minimum atomic E-state index is 0.705. The van der Waals surface area contributed by atoms with Crippen LogP contribution in [0.15, 0.2) is 0 Å². The Labute approximate surface area is 77.7 Å². The summed E-state index contributed by atoms with van der Waals surface area (Å²) in [4.78, 5) is 0. The van der Waals surface area contributed by atoms with Crippen LogP contribution in [-0.4, -0.2) is 0 Å². The molecule has 0 bridgehead atoms. The standard InChI is InChI=1S/C12H24/c1-6-11(7-2)10(5)12(11,8-3)9-4/h10H,6-9H2,1-5H3. The second-order valence-corrected chi connectivity index (χ2v) is 4.45. The highest BCUT2D eigenvalue weighted by Gasteiger charge is 2.68. The molecule has 0 unspecified atom stereocenters. The van der Waals surface area contributed by atoms with Crippen molar-refractivity contribution in [3.63, 3.8) is 0 Å². The second-order valence-electron chi connectivity index (χ2n) is 4.45. The van der Waals surface area contributed by atoms with Crippen molar-refractivity contribution in [2.24, 2.45) is 16.7 Å². The van der Waals surface area contributed by atoms with Crippen molar-refractivity contribution in [2.45, 2.75) is 60.3 Å². The van der Waals surface area contributed by atoms with Gasteiger partial charge in [-0.15, -0.1) is 0 Å². The molecule has 0 heteroatoms. The van der Waals surface area contributed by atoms with Gasteiger partial charge < -0.3 is 0 Å². The monoisotopic (exact) mass is 168 g/mol. The molecular weight excluding hydrogens is 144 g/mol. The predicted octanol–water partition coefficient (Wildman–Crippen LogP) is 4.25. The Balaban J connectivity index is 2.83. The minimum Gasteiger partial charge on any atom is -0.0648 e. The van der Waals surface area contributed by atoms with Crippen LogP contribution >= 0.6 is 0 Å². The van der Waals surface area contributed by atoms with E-state index in [0.29, 0.717) is 10.8 Å². The van der Waals surface area contributed by atoms with Crippen molar-refractivity contribution in [3.8, 4) is 0 Å². The normalized spacial score (nSPS) is 25.8. The van der Waals surface area contributed by atoms with Crippen molar-refractivity contribution in [1.82, 2.24) is 0 Å². The van der Waals surface area contributed by atoms with Gasteiger partial charge in [0.15, 0.2) is 0 Å². The third-order valence-corrected chi connectivity index (χ3v) is 5.09. The van der Waals surface area contributed by atoms with Crippen molar-refractivity contribution in [3.05, 3.63) is 0 Å². The Morgan fingerprint density at radius 2 is 1.00 bits per heavy atom. The summed E-state index contributed by atoms with van der Waals surface area (Å²) in [5, 5.41) is 0. The van der Waals surface area contributed by atoms with E-state index in [1.54, 1.807) is 0 Å². The number of hydrogen-bond acceptors (Lipinski definition) is 0. The quantitative estimate of drug-likeness (QED) is 0.588. The van der Waals surface area contributed by atoms with Crippen LogP contribution in [0.1, 0.15) is 60.3 Å². The van der Waals surface area contributed by atoms with E-state index in [9.17, 15) is 0 Å². The molecule has 0 atom stereocenters. The highest BCUT2D eigenvalue weighted by atomic mass is 14.7. The maximum atomic E-state index is 2.46. The molecule has 0 aromatic carbocycles. The zero-order valence-electron chi connectivity index (χ0n) is 9.41. The van der Waals surface area contributed by atoms with Gasteiger partial charge in [-0.25, -0.2) is 0 Å². The molecule has 0 nitrogen and oxygen atoms in total. The Morgan fingerprint density at radius 3 is 1.08 bits per heavy atom. The Morgan fingerprint density at radius 1 is 0.750 bits per heavy atom.